The lowest BCUT2D eigenvalue weighted by Gasteiger charge is -2.33. The number of carbonyl (C=O) groups excluding carboxylic acids is 2. The molecule has 1 aliphatic carbocycles. The van der Waals surface area contributed by atoms with Gasteiger partial charge in [0.25, 0.3) is 0 Å². The van der Waals surface area contributed by atoms with Crippen molar-refractivity contribution in [3.05, 3.63) is 23.9 Å². The number of ether oxygens (including phenoxy) is 1. The number of nitrogens with zero attached hydrogens (tertiary/aromatic N) is 2. The van der Waals surface area contributed by atoms with Crippen LogP contribution in [0.15, 0.2) is 18.3 Å². The van der Waals surface area contributed by atoms with Gasteiger partial charge in [-0.15, -0.1) is 0 Å². The summed E-state index contributed by atoms with van der Waals surface area (Å²) >= 11 is 0. The van der Waals surface area contributed by atoms with E-state index in [4.69, 9.17) is 4.74 Å². The van der Waals surface area contributed by atoms with Crippen molar-refractivity contribution in [2.45, 2.75) is 71.9 Å². The predicted octanol–water partition coefficient (Wildman–Crippen LogP) is 3.10. The molecule has 0 spiro atoms. The first kappa shape index (κ1) is 24.6. The fourth-order valence-corrected chi connectivity index (χ4v) is 4.17. The lowest BCUT2D eigenvalue weighted by atomic mass is 9.88. The highest BCUT2D eigenvalue weighted by atomic mass is 16.5. The minimum Gasteiger partial charge on any atom is -0.380 e. The molecule has 2 aliphatic rings. The maximum Gasteiger partial charge on any atom is 0.232 e. The molecule has 1 aromatic heterocycles. The highest BCUT2D eigenvalue weighted by molar-refractivity contribution is 5.96. The van der Waals surface area contributed by atoms with E-state index in [1.807, 2.05) is 24.1 Å². The average Bonchev–Trinajstić information content (AvgIpc) is 3.62. The molecule has 2 amide bonds. The second-order valence-electron chi connectivity index (χ2n) is 9.85. The van der Waals surface area contributed by atoms with Crippen LogP contribution in [0.2, 0.25) is 0 Å². The summed E-state index contributed by atoms with van der Waals surface area (Å²) < 4.78 is 5.54. The highest BCUT2D eigenvalue weighted by Crippen LogP contribution is 2.34. The smallest absolute Gasteiger partial charge is 0.232 e. The highest BCUT2D eigenvalue weighted by Gasteiger charge is 2.40. The van der Waals surface area contributed by atoms with Gasteiger partial charge in [-0.3, -0.25) is 14.5 Å². The van der Waals surface area contributed by atoms with Crippen LogP contribution in [0.25, 0.3) is 0 Å². The molecule has 0 bridgehead atoms. The Balaban J connectivity index is 1.66. The van der Waals surface area contributed by atoms with Crippen LogP contribution in [0.1, 0.15) is 65.4 Å². The number of hydrogen-bond donors (Lipinski definition) is 2. The van der Waals surface area contributed by atoms with Crippen molar-refractivity contribution in [3.8, 4) is 0 Å². The van der Waals surface area contributed by atoms with Crippen molar-refractivity contribution in [2.75, 3.05) is 31.2 Å². The molecule has 1 aliphatic heterocycles. The van der Waals surface area contributed by atoms with Crippen LogP contribution in [0.5, 0.6) is 0 Å². The predicted molar refractivity (Wildman–Crippen MR) is 127 cm³/mol. The van der Waals surface area contributed by atoms with Gasteiger partial charge < -0.3 is 15.4 Å². The van der Waals surface area contributed by atoms with Gasteiger partial charge >= 0.3 is 0 Å². The zero-order valence-electron chi connectivity index (χ0n) is 20.3. The average molecular weight is 445 g/mol. The van der Waals surface area contributed by atoms with Crippen molar-refractivity contribution in [2.24, 2.45) is 17.8 Å². The van der Waals surface area contributed by atoms with E-state index in [2.05, 4.69) is 49.4 Å². The number of carbonyl (C=O) groups is 2. The second kappa shape index (κ2) is 11.2. The molecule has 1 aromatic rings. The van der Waals surface area contributed by atoms with E-state index >= 15 is 0 Å². The summed E-state index contributed by atoms with van der Waals surface area (Å²) in [6.07, 6.45) is 4.46. The van der Waals surface area contributed by atoms with E-state index in [1.54, 1.807) is 0 Å². The van der Waals surface area contributed by atoms with Crippen LogP contribution >= 0.6 is 0 Å². The van der Waals surface area contributed by atoms with Gasteiger partial charge in [0, 0.05) is 31.9 Å². The van der Waals surface area contributed by atoms with Gasteiger partial charge in [0.05, 0.1) is 24.5 Å². The van der Waals surface area contributed by atoms with Crippen molar-refractivity contribution in [1.82, 2.24) is 15.6 Å². The molecule has 0 unspecified atom stereocenters. The molecule has 7 nitrogen and oxygen atoms in total. The molecule has 1 saturated heterocycles. The molecular weight excluding hydrogens is 404 g/mol. The topological polar surface area (TPSA) is 83.6 Å². The van der Waals surface area contributed by atoms with Crippen LogP contribution in [0.4, 0.5) is 5.82 Å². The maximum atomic E-state index is 13.5. The van der Waals surface area contributed by atoms with Crippen molar-refractivity contribution in [1.29, 1.82) is 0 Å². The van der Waals surface area contributed by atoms with Crippen LogP contribution < -0.4 is 15.5 Å². The first-order valence-electron chi connectivity index (χ1n) is 12.2. The van der Waals surface area contributed by atoms with Crippen molar-refractivity contribution < 1.29 is 14.3 Å². The quantitative estimate of drug-likeness (QED) is 0.579. The molecule has 3 rings (SSSR count). The zero-order chi connectivity index (χ0) is 23.3. The summed E-state index contributed by atoms with van der Waals surface area (Å²) in [6.45, 7) is 12.7. The summed E-state index contributed by atoms with van der Waals surface area (Å²) in [7, 11) is 0. The molecule has 32 heavy (non-hydrogen) atoms. The minimum atomic E-state index is -0.226. The number of amides is 2. The van der Waals surface area contributed by atoms with Gasteiger partial charge in [-0.2, -0.15) is 0 Å². The third-order valence-corrected chi connectivity index (χ3v) is 6.54. The van der Waals surface area contributed by atoms with E-state index < -0.39 is 0 Å². The first-order chi connectivity index (χ1) is 15.3. The monoisotopic (exact) mass is 444 g/mol. The molecule has 178 valence electrons. The van der Waals surface area contributed by atoms with E-state index in [0.717, 1.165) is 18.7 Å². The van der Waals surface area contributed by atoms with Crippen LogP contribution in [-0.2, 0) is 14.3 Å². The van der Waals surface area contributed by atoms with Crippen LogP contribution in [0, 0.1) is 17.8 Å². The summed E-state index contributed by atoms with van der Waals surface area (Å²) in [4.78, 5) is 33.0. The Bertz CT molecular complexity index is 761. The molecule has 2 heterocycles. The zero-order valence-corrected chi connectivity index (χ0v) is 20.3. The number of anilines is 1. The first-order valence-corrected chi connectivity index (χ1v) is 12.2. The Kier molecular flexibility index (Phi) is 8.65. The molecule has 1 saturated carbocycles. The molecule has 7 heteroatoms. The van der Waals surface area contributed by atoms with Crippen molar-refractivity contribution >= 4 is 17.6 Å². The number of hydrogen-bond acceptors (Lipinski definition) is 5. The van der Waals surface area contributed by atoms with Gasteiger partial charge in [0.1, 0.15) is 5.82 Å². The van der Waals surface area contributed by atoms with Gasteiger partial charge in [-0.05, 0) is 49.7 Å². The van der Waals surface area contributed by atoms with E-state index in [9.17, 15) is 9.59 Å². The molecule has 0 radical (unpaired) electrons. The molecule has 3 atom stereocenters. The SMILES string of the molecule is CCOC[C@H](NC(=O)[C@@H]1CNC[C@H](C(=O)N(c2ccc(C(C)C)cn2)C2CC2)C1)C(C)C. The Labute approximate surface area is 192 Å². The summed E-state index contributed by atoms with van der Waals surface area (Å²) in [5.74, 6) is 1.05. The fourth-order valence-electron chi connectivity index (χ4n) is 4.17. The van der Waals surface area contributed by atoms with Gasteiger partial charge in [-0.25, -0.2) is 4.98 Å². The van der Waals surface area contributed by atoms with Gasteiger partial charge in [0.2, 0.25) is 11.8 Å². The number of pyridine rings is 1. The molecular formula is C25H40N4O3. The summed E-state index contributed by atoms with van der Waals surface area (Å²) in [5, 5.41) is 6.47. The Morgan fingerprint density at radius 2 is 1.91 bits per heavy atom. The largest absolute Gasteiger partial charge is 0.380 e. The number of piperidine rings is 1. The van der Waals surface area contributed by atoms with Gasteiger partial charge in [0.15, 0.2) is 0 Å². The van der Waals surface area contributed by atoms with Crippen LogP contribution in [0.3, 0.4) is 0 Å². The number of rotatable bonds is 10. The van der Waals surface area contributed by atoms with Crippen molar-refractivity contribution in [3.63, 3.8) is 0 Å². The molecule has 2 fully saturated rings. The van der Waals surface area contributed by atoms with E-state index in [0.29, 0.717) is 38.6 Å². The summed E-state index contributed by atoms with van der Waals surface area (Å²) in [6, 6.07) is 4.23. The Morgan fingerprint density at radius 1 is 1.19 bits per heavy atom. The Morgan fingerprint density at radius 3 is 2.47 bits per heavy atom. The lowest BCUT2D eigenvalue weighted by Crippen LogP contribution is -2.52. The van der Waals surface area contributed by atoms with Gasteiger partial charge in [-0.1, -0.05) is 33.8 Å². The lowest BCUT2D eigenvalue weighted by molar-refractivity contribution is -0.129. The van der Waals surface area contributed by atoms with E-state index in [-0.39, 0.29) is 41.7 Å². The summed E-state index contributed by atoms with van der Waals surface area (Å²) in [5.41, 5.74) is 1.17. The maximum absolute atomic E-state index is 13.5. The second-order valence-corrected chi connectivity index (χ2v) is 9.85. The minimum absolute atomic E-state index is 0.00536. The number of aromatic nitrogens is 1. The van der Waals surface area contributed by atoms with Crippen LogP contribution in [-0.4, -0.2) is 55.2 Å². The molecule has 2 N–H and O–H groups in total. The van der Waals surface area contributed by atoms with E-state index in [1.165, 1.54) is 5.56 Å². The Hall–Kier alpha value is -1.99. The third-order valence-electron chi connectivity index (χ3n) is 6.54. The fraction of sp³-hybridized carbons (Fsp3) is 0.720. The standard InChI is InChI=1S/C25H40N4O3/c1-6-32-15-22(17(4)5)28-24(30)19-11-20(13-26-12-19)25(31)29(21-8-9-21)23-10-7-18(14-27-23)16(2)3/h7,10,14,16-17,19-22,26H,6,8-9,11-13,15H2,1-5H3,(H,28,30)/t19-,20+,22-/m0/s1. The molecule has 0 aromatic carbocycles. The number of nitrogens with one attached hydrogen (secondary N) is 2. The third kappa shape index (κ3) is 6.29. The normalized spacial score (nSPS) is 22.1.